The summed E-state index contributed by atoms with van der Waals surface area (Å²) in [5, 5.41) is 3.16. The van der Waals surface area contributed by atoms with Crippen LogP contribution < -0.4 is 16.2 Å². The summed E-state index contributed by atoms with van der Waals surface area (Å²) in [6, 6.07) is 13.5. The molecule has 0 aromatic heterocycles. The van der Waals surface area contributed by atoms with Crippen LogP contribution in [0, 0.1) is 6.92 Å². The van der Waals surface area contributed by atoms with Crippen LogP contribution in [0.4, 0.5) is 0 Å². The first kappa shape index (κ1) is 18.5. The average Bonchev–Trinajstić information content (AvgIpc) is 2.60. The molecule has 2 aromatic rings. The molecule has 2 aromatic carbocycles. The third-order valence-corrected chi connectivity index (χ3v) is 3.70. The lowest BCUT2D eigenvalue weighted by molar-refractivity contribution is -0.121. The molecule has 6 nitrogen and oxygen atoms in total. The fraction of sp³-hybridized carbons (Fsp3) is 0.167. The topological polar surface area (TPSA) is 87.3 Å². The van der Waals surface area contributed by atoms with Crippen LogP contribution in [0.1, 0.15) is 32.7 Å². The summed E-state index contributed by atoms with van der Waals surface area (Å²) in [4.78, 5) is 35.6. The highest BCUT2D eigenvalue weighted by atomic mass is 35.5. The van der Waals surface area contributed by atoms with E-state index < -0.39 is 11.8 Å². The molecule has 25 heavy (non-hydrogen) atoms. The molecule has 3 amide bonds. The van der Waals surface area contributed by atoms with Gasteiger partial charge >= 0.3 is 0 Å². The van der Waals surface area contributed by atoms with Crippen LogP contribution in [-0.2, 0) is 4.79 Å². The Labute approximate surface area is 150 Å². The van der Waals surface area contributed by atoms with Crippen molar-refractivity contribution in [2.75, 3.05) is 6.54 Å². The first-order valence-electron chi connectivity index (χ1n) is 7.66. The van der Waals surface area contributed by atoms with Crippen LogP contribution in [0.5, 0.6) is 0 Å². The van der Waals surface area contributed by atoms with Crippen molar-refractivity contribution in [1.29, 1.82) is 0 Å². The fourth-order valence-electron chi connectivity index (χ4n) is 2.08. The molecule has 0 aliphatic heterocycles. The van der Waals surface area contributed by atoms with Gasteiger partial charge in [0.2, 0.25) is 5.91 Å². The number of hydrogen-bond donors (Lipinski definition) is 3. The van der Waals surface area contributed by atoms with E-state index in [1.54, 1.807) is 36.4 Å². The van der Waals surface area contributed by atoms with E-state index in [1.165, 1.54) is 0 Å². The standard InChI is InChI=1S/C18H18ClN3O3/c1-12-4-2-3-5-15(12)18(25)22-21-16(23)10-11-20-17(24)13-6-8-14(19)9-7-13/h2-9H,10-11H2,1H3,(H,20,24)(H,21,23)(H,22,25). The SMILES string of the molecule is Cc1ccccc1C(=O)NNC(=O)CCNC(=O)c1ccc(Cl)cc1. The summed E-state index contributed by atoms with van der Waals surface area (Å²) in [5.41, 5.74) is 6.42. The Morgan fingerprint density at radius 1 is 0.920 bits per heavy atom. The van der Waals surface area contributed by atoms with Crippen molar-refractivity contribution in [3.05, 3.63) is 70.2 Å². The maximum atomic E-state index is 12.0. The molecule has 0 aliphatic carbocycles. The van der Waals surface area contributed by atoms with E-state index in [0.29, 0.717) is 16.1 Å². The van der Waals surface area contributed by atoms with Crippen molar-refractivity contribution in [2.24, 2.45) is 0 Å². The maximum absolute atomic E-state index is 12.0. The molecule has 2 rings (SSSR count). The van der Waals surface area contributed by atoms with Gasteiger partial charge in [0.05, 0.1) is 0 Å². The van der Waals surface area contributed by atoms with Gasteiger partial charge in [0.15, 0.2) is 0 Å². The summed E-state index contributed by atoms with van der Waals surface area (Å²) in [5.74, 6) is -1.09. The summed E-state index contributed by atoms with van der Waals surface area (Å²) in [6.45, 7) is 1.95. The van der Waals surface area contributed by atoms with E-state index in [9.17, 15) is 14.4 Å². The highest BCUT2D eigenvalue weighted by Crippen LogP contribution is 2.09. The number of carbonyl (C=O) groups excluding carboxylic acids is 3. The van der Waals surface area contributed by atoms with Gasteiger partial charge in [-0.05, 0) is 42.8 Å². The molecule has 0 aliphatic rings. The number of hydrogen-bond acceptors (Lipinski definition) is 3. The highest BCUT2D eigenvalue weighted by Gasteiger charge is 2.10. The number of amides is 3. The zero-order chi connectivity index (χ0) is 18.2. The van der Waals surface area contributed by atoms with E-state index in [4.69, 9.17) is 11.6 Å². The van der Waals surface area contributed by atoms with Crippen LogP contribution in [0.2, 0.25) is 5.02 Å². The minimum absolute atomic E-state index is 0.0351. The molecule has 0 heterocycles. The molecule has 7 heteroatoms. The Morgan fingerprint density at radius 3 is 2.28 bits per heavy atom. The van der Waals surface area contributed by atoms with Crippen LogP contribution in [0.3, 0.4) is 0 Å². The first-order chi connectivity index (χ1) is 12.0. The summed E-state index contributed by atoms with van der Waals surface area (Å²) >= 11 is 5.76. The van der Waals surface area contributed by atoms with Crippen molar-refractivity contribution in [1.82, 2.24) is 16.2 Å². The van der Waals surface area contributed by atoms with Crippen molar-refractivity contribution in [2.45, 2.75) is 13.3 Å². The van der Waals surface area contributed by atoms with Gasteiger partial charge in [-0.25, -0.2) is 0 Å². The second kappa shape index (κ2) is 8.84. The van der Waals surface area contributed by atoms with E-state index >= 15 is 0 Å². The van der Waals surface area contributed by atoms with Crippen LogP contribution in [0.25, 0.3) is 0 Å². The Morgan fingerprint density at radius 2 is 1.60 bits per heavy atom. The fourth-order valence-corrected chi connectivity index (χ4v) is 2.20. The van der Waals surface area contributed by atoms with Crippen LogP contribution in [0.15, 0.2) is 48.5 Å². The van der Waals surface area contributed by atoms with Crippen molar-refractivity contribution < 1.29 is 14.4 Å². The molecule has 0 saturated carbocycles. The zero-order valence-electron chi connectivity index (χ0n) is 13.6. The zero-order valence-corrected chi connectivity index (χ0v) is 14.4. The number of halogens is 1. The number of nitrogens with one attached hydrogen (secondary N) is 3. The molecule has 130 valence electrons. The summed E-state index contributed by atoms with van der Waals surface area (Å²) < 4.78 is 0. The minimum atomic E-state index is -0.404. The molecular weight excluding hydrogens is 342 g/mol. The Bertz CT molecular complexity index is 775. The van der Waals surface area contributed by atoms with E-state index in [0.717, 1.165) is 5.56 Å². The average molecular weight is 360 g/mol. The summed E-state index contributed by atoms with van der Waals surface area (Å²) in [6.07, 6.45) is 0.0351. The van der Waals surface area contributed by atoms with E-state index in [2.05, 4.69) is 16.2 Å². The number of aryl methyl sites for hydroxylation is 1. The third kappa shape index (κ3) is 5.61. The third-order valence-electron chi connectivity index (χ3n) is 3.45. The summed E-state index contributed by atoms with van der Waals surface area (Å²) in [7, 11) is 0. The van der Waals surface area contributed by atoms with Gasteiger partial charge < -0.3 is 5.32 Å². The van der Waals surface area contributed by atoms with Gasteiger partial charge in [-0.1, -0.05) is 29.8 Å². The number of carbonyl (C=O) groups is 3. The molecule has 0 atom stereocenters. The largest absolute Gasteiger partial charge is 0.352 e. The van der Waals surface area contributed by atoms with Crippen molar-refractivity contribution in [3.63, 3.8) is 0 Å². The van der Waals surface area contributed by atoms with Crippen LogP contribution >= 0.6 is 11.6 Å². The van der Waals surface area contributed by atoms with Crippen molar-refractivity contribution in [3.8, 4) is 0 Å². The van der Waals surface area contributed by atoms with Gasteiger partial charge in [0.25, 0.3) is 11.8 Å². The molecule has 0 spiro atoms. The molecule has 0 bridgehead atoms. The molecule has 0 unspecified atom stereocenters. The lowest BCUT2D eigenvalue weighted by Crippen LogP contribution is -2.43. The Kier molecular flexibility index (Phi) is 6.54. The number of hydrazine groups is 1. The number of rotatable bonds is 5. The lowest BCUT2D eigenvalue weighted by Gasteiger charge is -2.09. The van der Waals surface area contributed by atoms with Gasteiger partial charge in [-0.15, -0.1) is 0 Å². The second-order valence-electron chi connectivity index (χ2n) is 5.33. The van der Waals surface area contributed by atoms with Gasteiger partial charge in [0, 0.05) is 29.1 Å². The first-order valence-corrected chi connectivity index (χ1v) is 8.04. The molecule has 0 saturated heterocycles. The molecule has 0 radical (unpaired) electrons. The minimum Gasteiger partial charge on any atom is -0.352 e. The predicted octanol–water partition coefficient (Wildman–Crippen LogP) is 2.23. The second-order valence-corrected chi connectivity index (χ2v) is 5.77. The number of benzene rings is 2. The smallest absolute Gasteiger partial charge is 0.269 e. The van der Waals surface area contributed by atoms with Gasteiger partial charge in [0.1, 0.15) is 0 Å². The van der Waals surface area contributed by atoms with Gasteiger partial charge in [-0.2, -0.15) is 0 Å². The van der Waals surface area contributed by atoms with E-state index in [-0.39, 0.29) is 18.9 Å². The lowest BCUT2D eigenvalue weighted by atomic mass is 10.1. The van der Waals surface area contributed by atoms with E-state index in [1.807, 2.05) is 19.1 Å². The normalized spacial score (nSPS) is 10.0. The van der Waals surface area contributed by atoms with Crippen molar-refractivity contribution >= 4 is 29.3 Å². The quantitative estimate of drug-likeness (QED) is 0.715. The molecular formula is C18H18ClN3O3. The highest BCUT2D eigenvalue weighted by molar-refractivity contribution is 6.30. The Balaban J connectivity index is 1.72. The molecule has 0 fully saturated rings. The monoisotopic (exact) mass is 359 g/mol. The Hall–Kier alpha value is -2.86. The maximum Gasteiger partial charge on any atom is 0.269 e. The van der Waals surface area contributed by atoms with Crippen LogP contribution in [-0.4, -0.2) is 24.3 Å². The van der Waals surface area contributed by atoms with Gasteiger partial charge in [-0.3, -0.25) is 25.2 Å². The molecule has 3 N–H and O–H groups in total. The predicted molar refractivity (Wildman–Crippen MR) is 95.2 cm³/mol.